The second kappa shape index (κ2) is 11.0. The van der Waals surface area contributed by atoms with Crippen molar-refractivity contribution in [3.05, 3.63) is 39.4 Å². The minimum Gasteiger partial charge on any atom is -0.511 e. The Morgan fingerprint density at radius 2 is 1.46 bits per heavy atom. The Labute approximate surface area is 205 Å². The number of rotatable bonds is 11. The monoisotopic (exact) mass is 488 g/mol. The fourth-order valence-electron chi connectivity index (χ4n) is 4.29. The van der Waals surface area contributed by atoms with E-state index in [1.807, 2.05) is 13.8 Å². The quantitative estimate of drug-likeness (QED) is 0.242. The van der Waals surface area contributed by atoms with Gasteiger partial charge in [0.15, 0.2) is 17.3 Å². The number of hydrogen-bond acceptors (Lipinski definition) is 8. The van der Waals surface area contributed by atoms with E-state index in [4.69, 9.17) is 4.74 Å². The zero-order valence-electron chi connectivity index (χ0n) is 21.4. The Morgan fingerprint density at radius 3 is 1.97 bits per heavy atom. The van der Waals surface area contributed by atoms with Gasteiger partial charge in [0.05, 0.1) is 12.5 Å². The van der Waals surface area contributed by atoms with E-state index in [-0.39, 0.29) is 52.8 Å². The van der Waals surface area contributed by atoms with E-state index in [2.05, 4.69) is 0 Å². The summed E-state index contributed by atoms with van der Waals surface area (Å²) in [7, 11) is 1.32. The van der Waals surface area contributed by atoms with Crippen LogP contribution < -0.4 is 4.74 Å². The van der Waals surface area contributed by atoms with Crippen molar-refractivity contribution in [1.82, 2.24) is 0 Å². The number of phenolic OH excluding ortho intramolecular Hbond substituents is 2. The lowest BCUT2D eigenvalue weighted by atomic mass is 9.73. The molecular weight excluding hydrogens is 452 g/mol. The molecule has 1 aromatic rings. The lowest BCUT2D eigenvalue weighted by molar-refractivity contribution is -0.127. The second-order valence-electron chi connectivity index (χ2n) is 9.44. The zero-order valence-corrected chi connectivity index (χ0v) is 21.4. The van der Waals surface area contributed by atoms with Crippen molar-refractivity contribution in [3.8, 4) is 17.2 Å². The third-order valence-corrected chi connectivity index (χ3v) is 6.55. The minimum atomic E-state index is -1.49. The molecule has 0 aliphatic heterocycles. The van der Waals surface area contributed by atoms with E-state index < -0.39 is 45.8 Å². The number of methoxy groups -OCH3 is 1. The summed E-state index contributed by atoms with van der Waals surface area (Å²) in [5, 5.41) is 43.6. The number of allylic oxidation sites excluding steroid dienone is 3. The number of carbonyl (C=O) groups excluding carboxylic acids is 3. The zero-order chi connectivity index (χ0) is 26.7. The number of phenols is 2. The van der Waals surface area contributed by atoms with Crippen molar-refractivity contribution in [2.45, 2.75) is 79.6 Å². The standard InChI is InChI=1S/C27H36O8/c1-7-9-11-17(28)19-21(30)14(3)24(35-6)15(22(19)31)13-16-23(32)20(18(29)12-10-8-2)26(34)27(4,5)25(16)33/h30-33H,7-13H2,1-6H3. The van der Waals surface area contributed by atoms with E-state index in [0.717, 1.165) is 12.8 Å². The third kappa shape index (κ3) is 5.06. The van der Waals surface area contributed by atoms with Crippen LogP contribution >= 0.6 is 0 Å². The second-order valence-corrected chi connectivity index (χ2v) is 9.44. The number of benzene rings is 1. The molecule has 0 unspecified atom stereocenters. The highest BCUT2D eigenvalue weighted by Crippen LogP contribution is 2.47. The van der Waals surface area contributed by atoms with Crippen LogP contribution in [0.1, 0.15) is 87.7 Å². The molecule has 2 rings (SSSR count). The molecule has 0 spiro atoms. The normalized spacial score (nSPS) is 15.5. The molecule has 192 valence electrons. The van der Waals surface area contributed by atoms with Crippen molar-refractivity contribution in [2.75, 3.05) is 7.11 Å². The number of ketones is 3. The van der Waals surface area contributed by atoms with Gasteiger partial charge in [-0.3, -0.25) is 14.4 Å². The number of ether oxygens (including phenoxy) is 1. The first-order valence-corrected chi connectivity index (χ1v) is 11.9. The van der Waals surface area contributed by atoms with Crippen molar-refractivity contribution in [2.24, 2.45) is 5.41 Å². The Kier molecular flexibility index (Phi) is 8.76. The summed E-state index contributed by atoms with van der Waals surface area (Å²) in [6.45, 7) is 8.22. The molecule has 8 heteroatoms. The molecule has 4 N–H and O–H groups in total. The maximum Gasteiger partial charge on any atom is 0.183 e. The minimum absolute atomic E-state index is 0.0428. The number of aromatic hydroxyl groups is 2. The van der Waals surface area contributed by atoms with Crippen LogP contribution in [0.3, 0.4) is 0 Å². The maximum atomic E-state index is 13.0. The first kappa shape index (κ1) is 28.0. The molecule has 1 aliphatic carbocycles. The van der Waals surface area contributed by atoms with Crippen LogP contribution in [0.25, 0.3) is 0 Å². The molecule has 0 saturated heterocycles. The van der Waals surface area contributed by atoms with E-state index in [1.165, 1.54) is 27.9 Å². The van der Waals surface area contributed by atoms with E-state index in [0.29, 0.717) is 12.8 Å². The van der Waals surface area contributed by atoms with Crippen LogP contribution in [-0.4, -0.2) is 44.9 Å². The molecule has 8 nitrogen and oxygen atoms in total. The third-order valence-electron chi connectivity index (χ3n) is 6.55. The average molecular weight is 489 g/mol. The number of aliphatic hydroxyl groups is 2. The van der Waals surface area contributed by atoms with E-state index in [1.54, 1.807) is 0 Å². The van der Waals surface area contributed by atoms with Gasteiger partial charge < -0.3 is 25.2 Å². The average Bonchev–Trinajstić information content (AvgIpc) is 2.81. The molecule has 0 fully saturated rings. The summed E-state index contributed by atoms with van der Waals surface area (Å²) < 4.78 is 5.40. The Bertz CT molecular complexity index is 1100. The molecule has 0 atom stereocenters. The molecule has 0 amide bonds. The Morgan fingerprint density at radius 1 is 0.914 bits per heavy atom. The van der Waals surface area contributed by atoms with Crippen LogP contribution in [0.4, 0.5) is 0 Å². The highest BCUT2D eigenvalue weighted by atomic mass is 16.5. The molecule has 1 aromatic carbocycles. The summed E-state index contributed by atoms with van der Waals surface area (Å²) in [4.78, 5) is 38.6. The summed E-state index contributed by atoms with van der Waals surface area (Å²) in [5.74, 6) is -3.65. The number of aliphatic hydroxyl groups excluding tert-OH is 2. The van der Waals surface area contributed by atoms with Crippen LogP contribution in [0, 0.1) is 12.3 Å². The van der Waals surface area contributed by atoms with Gasteiger partial charge in [0.1, 0.15) is 39.9 Å². The van der Waals surface area contributed by atoms with Gasteiger partial charge in [0.2, 0.25) is 0 Å². The smallest absolute Gasteiger partial charge is 0.183 e. The molecule has 35 heavy (non-hydrogen) atoms. The van der Waals surface area contributed by atoms with Gasteiger partial charge in [0, 0.05) is 36.0 Å². The first-order valence-electron chi connectivity index (χ1n) is 11.9. The molecule has 0 saturated carbocycles. The van der Waals surface area contributed by atoms with Crippen LogP contribution in [0.2, 0.25) is 0 Å². The lowest BCUT2D eigenvalue weighted by Crippen LogP contribution is -2.37. The lowest BCUT2D eigenvalue weighted by Gasteiger charge is -2.31. The van der Waals surface area contributed by atoms with Crippen molar-refractivity contribution < 1.29 is 39.5 Å². The molecule has 0 aromatic heterocycles. The summed E-state index contributed by atoms with van der Waals surface area (Å²) in [5.41, 5.74) is -2.02. The van der Waals surface area contributed by atoms with Gasteiger partial charge in [-0.05, 0) is 33.6 Å². The fourth-order valence-corrected chi connectivity index (χ4v) is 4.29. The van der Waals surface area contributed by atoms with Gasteiger partial charge in [-0.1, -0.05) is 26.7 Å². The van der Waals surface area contributed by atoms with Gasteiger partial charge in [0.25, 0.3) is 0 Å². The summed E-state index contributed by atoms with van der Waals surface area (Å²) in [6.07, 6.45) is 2.39. The predicted octanol–water partition coefficient (Wildman–Crippen LogP) is 5.32. The number of hydrogen-bond donors (Lipinski definition) is 4. The molecule has 1 aliphatic rings. The molecular formula is C27H36O8. The predicted molar refractivity (Wildman–Crippen MR) is 131 cm³/mol. The summed E-state index contributed by atoms with van der Waals surface area (Å²) >= 11 is 0. The molecule has 0 radical (unpaired) electrons. The number of Topliss-reactive ketones (excluding diaryl/α,β-unsaturated/α-hetero) is 3. The van der Waals surface area contributed by atoms with Gasteiger partial charge >= 0.3 is 0 Å². The van der Waals surface area contributed by atoms with Crippen LogP contribution in [0.5, 0.6) is 17.2 Å². The van der Waals surface area contributed by atoms with Crippen LogP contribution in [0.15, 0.2) is 22.7 Å². The Balaban J connectivity index is 2.75. The molecule has 0 heterocycles. The summed E-state index contributed by atoms with van der Waals surface area (Å²) in [6, 6.07) is 0. The van der Waals surface area contributed by atoms with Gasteiger partial charge in [-0.25, -0.2) is 0 Å². The number of carbonyl (C=O) groups is 3. The van der Waals surface area contributed by atoms with Gasteiger partial charge in [-0.15, -0.1) is 0 Å². The largest absolute Gasteiger partial charge is 0.511 e. The fraction of sp³-hybridized carbons (Fsp3) is 0.519. The van der Waals surface area contributed by atoms with Crippen molar-refractivity contribution in [1.29, 1.82) is 0 Å². The maximum absolute atomic E-state index is 13.0. The SMILES string of the molecule is CCCCC(=O)C1=C(O)C(Cc2c(O)c(C(=O)CCCC)c(O)c(C)c2OC)=C(O)C(C)(C)C1=O. The molecule has 0 bridgehead atoms. The van der Waals surface area contributed by atoms with Gasteiger partial charge in [-0.2, -0.15) is 0 Å². The van der Waals surface area contributed by atoms with Crippen molar-refractivity contribution in [3.63, 3.8) is 0 Å². The topological polar surface area (TPSA) is 141 Å². The first-order chi connectivity index (χ1) is 16.4. The van der Waals surface area contributed by atoms with Crippen LogP contribution in [-0.2, 0) is 16.0 Å². The Hall–Kier alpha value is -3.29. The van der Waals surface area contributed by atoms with E-state index in [9.17, 15) is 34.8 Å². The van der Waals surface area contributed by atoms with Crippen molar-refractivity contribution >= 4 is 17.3 Å². The van der Waals surface area contributed by atoms with E-state index >= 15 is 0 Å². The highest BCUT2D eigenvalue weighted by molar-refractivity contribution is 6.24. The highest BCUT2D eigenvalue weighted by Gasteiger charge is 2.45. The number of unbranched alkanes of at least 4 members (excludes halogenated alkanes) is 2.